The van der Waals surface area contributed by atoms with Crippen LogP contribution in [0.1, 0.15) is 35.0 Å². The summed E-state index contributed by atoms with van der Waals surface area (Å²) in [6, 6.07) is 7.20. The molecule has 2 aromatic carbocycles. The van der Waals surface area contributed by atoms with E-state index in [0.29, 0.717) is 29.0 Å². The molecule has 1 aliphatic rings. The minimum Gasteiger partial charge on any atom is -0.478 e. The first-order valence-electron chi connectivity index (χ1n) is 7.79. The fraction of sp³-hybridized carbons (Fsp3) is 0.176. The number of oxazole rings is 1. The van der Waals surface area contributed by atoms with Crippen molar-refractivity contribution in [2.24, 2.45) is 0 Å². The maximum atomic E-state index is 14.1. The summed E-state index contributed by atoms with van der Waals surface area (Å²) >= 11 is 0. The third kappa shape index (κ3) is 3.01. The summed E-state index contributed by atoms with van der Waals surface area (Å²) < 4.78 is 46.8. The number of halogens is 1. The number of hydrogen-bond acceptors (Lipinski definition) is 5. The molecule has 1 aromatic heterocycles. The first-order chi connectivity index (χ1) is 12.3. The van der Waals surface area contributed by atoms with Gasteiger partial charge in [-0.25, -0.2) is 22.6 Å². The second-order valence-electron chi connectivity index (χ2n) is 6.06. The summed E-state index contributed by atoms with van der Waals surface area (Å²) in [5, 5.41) is 8.84. The SMILES string of the molecule is O=C(O)c1ccc(S(=O)(=O)Nc2ccc3oc(C4CC4)nc3c2)c(F)c1. The maximum absolute atomic E-state index is 14.1. The second kappa shape index (κ2) is 5.80. The van der Waals surface area contributed by atoms with Crippen LogP contribution in [-0.4, -0.2) is 24.5 Å². The average Bonchev–Trinajstić information content (AvgIpc) is 3.34. The second-order valence-corrected chi connectivity index (χ2v) is 7.72. The maximum Gasteiger partial charge on any atom is 0.335 e. The molecular weight excluding hydrogens is 363 g/mol. The summed E-state index contributed by atoms with van der Waals surface area (Å²) in [6.45, 7) is 0. The topological polar surface area (TPSA) is 110 Å². The predicted octanol–water partition coefficient (Wildman–Crippen LogP) is 3.34. The van der Waals surface area contributed by atoms with Gasteiger partial charge in [0.1, 0.15) is 16.2 Å². The molecule has 4 rings (SSSR count). The number of aromatic carboxylic acids is 1. The molecule has 134 valence electrons. The fourth-order valence-electron chi connectivity index (χ4n) is 2.58. The Morgan fingerprint density at radius 2 is 2.00 bits per heavy atom. The quantitative estimate of drug-likeness (QED) is 0.707. The van der Waals surface area contributed by atoms with Crippen LogP contribution in [0.15, 0.2) is 45.7 Å². The van der Waals surface area contributed by atoms with E-state index < -0.39 is 26.7 Å². The van der Waals surface area contributed by atoms with Gasteiger partial charge < -0.3 is 9.52 Å². The van der Waals surface area contributed by atoms with Gasteiger partial charge in [-0.2, -0.15) is 0 Å². The Bertz CT molecular complexity index is 1140. The number of anilines is 1. The molecule has 9 heteroatoms. The predicted molar refractivity (Wildman–Crippen MR) is 90.2 cm³/mol. The zero-order valence-electron chi connectivity index (χ0n) is 13.3. The Morgan fingerprint density at radius 3 is 2.65 bits per heavy atom. The number of hydrogen-bond donors (Lipinski definition) is 2. The molecule has 0 radical (unpaired) electrons. The van der Waals surface area contributed by atoms with E-state index >= 15 is 0 Å². The van der Waals surface area contributed by atoms with Gasteiger partial charge in [-0.1, -0.05) is 0 Å². The summed E-state index contributed by atoms with van der Waals surface area (Å²) in [6.07, 6.45) is 2.05. The molecule has 7 nitrogen and oxygen atoms in total. The van der Waals surface area contributed by atoms with Crippen LogP contribution in [0.25, 0.3) is 11.1 Å². The smallest absolute Gasteiger partial charge is 0.335 e. The molecule has 1 aliphatic carbocycles. The van der Waals surface area contributed by atoms with Crippen LogP contribution in [0.3, 0.4) is 0 Å². The van der Waals surface area contributed by atoms with E-state index in [-0.39, 0.29) is 11.3 Å². The van der Waals surface area contributed by atoms with Gasteiger partial charge in [0, 0.05) is 5.92 Å². The third-order valence-corrected chi connectivity index (χ3v) is 5.47. The normalized spacial score (nSPS) is 14.5. The number of rotatable bonds is 5. The van der Waals surface area contributed by atoms with E-state index in [4.69, 9.17) is 9.52 Å². The molecule has 3 aromatic rings. The van der Waals surface area contributed by atoms with Gasteiger partial charge in [0.05, 0.1) is 11.3 Å². The third-order valence-electron chi connectivity index (χ3n) is 4.05. The minimum atomic E-state index is -4.23. The zero-order valence-corrected chi connectivity index (χ0v) is 14.1. The van der Waals surface area contributed by atoms with Gasteiger partial charge in [-0.05, 0) is 49.2 Å². The summed E-state index contributed by atoms with van der Waals surface area (Å²) in [7, 11) is -4.23. The van der Waals surface area contributed by atoms with Crippen LogP contribution in [0.4, 0.5) is 10.1 Å². The van der Waals surface area contributed by atoms with Gasteiger partial charge in [0.25, 0.3) is 10.0 Å². The van der Waals surface area contributed by atoms with Crippen LogP contribution in [0, 0.1) is 5.82 Å². The first-order valence-corrected chi connectivity index (χ1v) is 9.28. The highest BCUT2D eigenvalue weighted by Crippen LogP contribution is 2.40. The van der Waals surface area contributed by atoms with Crippen molar-refractivity contribution in [3.8, 4) is 0 Å². The Kier molecular flexibility index (Phi) is 3.69. The Balaban J connectivity index is 1.64. The summed E-state index contributed by atoms with van der Waals surface area (Å²) in [5.74, 6) is -1.53. The Morgan fingerprint density at radius 1 is 1.23 bits per heavy atom. The molecule has 1 heterocycles. The largest absolute Gasteiger partial charge is 0.478 e. The number of carbonyl (C=O) groups is 1. The van der Waals surface area contributed by atoms with Crippen molar-refractivity contribution in [1.82, 2.24) is 4.98 Å². The highest BCUT2D eigenvalue weighted by Gasteiger charge is 2.29. The number of benzene rings is 2. The zero-order chi connectivity index (χ0) is 18.5. The lowest BCUT2D eigenvalue weighted by molar-refractivity contribution is 0.0696. The molecule has 0 aliphatic heterocycles. The van der Waals surface area contributed by atoms with Crippen LogP contribution < -0.4 is 4.72 Å². The molecule has 0 bridgehead atoms. The molecule has 1 saturated carbocycles. The molecule has 2 N–H and O–H groups in total. The van der Waals surface area contributed by atoms with E-state index in [2.05, 4.69) is 9.71 Å². The minimum absolute atomic E-state index is 0.204. The van der Waals surface area contributed by atoms with Crippen LogP contribution >= 0.6 is 0 Å². The number of fused-ring (bicyclic) bond motifs is 1. The van der Waals surface area contributed by atoms with Crippen LogP contribution in [-0.2, 0) is 10.0 Å². The molecule has 0 spiro atoms. The van der Waals surface area contributed by atoms with Crippen molar-refractivity contribution in [3.05, 3.63) is 53.7 Å². The number of nitrogens with zero attached hydrogens (tertiary/aromatic N) is 1. The fourth-order valence-corrected chi connectivity index (χ4v) is 3.69. The number of carboxylic acids is 1. The van der Waals surface area contributed by atoms with Gasteiger partial charge in [-0.3, -0.25) is 4.72 Å². The van der Waals surface area contributed by atoms with E-state index in [0.717, 1.165) is 25.0 Å². The standard InChI is InChI=1S/C17H13FN2O5S/c18-12-7-10(17(21)22)3-6-15(12)26(23,24)20-11-4-5-14-13(8-11)19-16(25-14)9-1-2-9/h3-9,20H,1-2H2,(H,21,22). The van der Waals surface area contributed by atoms with Gasteiger partial charge in [0.2, 0.25) is 0 Å². The summed E-state index contributed by atoms with van der Waals surface area (Å²) in [4.78, 5) is 14.5. The van der Waals surface area contributed by atoms with Crippen LogP contribution in [0.5, 0.6) is 0 Å². The molecular formula is C17H13FN2O5S. The van der Waals surface area contributed by atoms with E-state index in [1.54, 1.807) is 6.07 Å². The summed E-state index contributed by atoms with van der Waals surface area (Å²) in [5.41, 5.74) is 0.925. The first kappa shape index (κ1) is 16.5. The van der Waals surface area contributed by atoms with Gasteiger partial charge in [-0.15, -0.1) is 0 Å². The van der Waals surface area contributed by atoms with Crippen molar-refractivity contribution >= 4 is 32.8 Å². The van der Waals surface area contributed by atoms with Crippen molar-refractivity contribution in [1.29, 1.82) is 0 Å². The lowest BCUT2D eigenvalue weighted by atomic mass is 10.2. The molecule has 0 amide bonds. The van der Waals surface area contributed by atoms with E-state index in [9.17, 15) is 17.6 Å². The molecule has 0 saturated heterocycles. The monoisotopic (exact) mass is 376 g/mol. The average molecular weight is 376 g/mol. The van der Waals surface area contributed by atoms with Gasteiger partial charge >= 0.3 is 5.97 Å². The van der Waals surface area contributed by atoms with Crippen molar-refractivity contribution in [2.75, 3.05) is 4.72 Å². The number of nitrogens with one attached hydrogen (secondary N) is 1. The van der Waals surface area contributed by atoms with Gasteiger partial charge in [0.15, 0.2) is 11.5 Å². The van der Waals surface area contributed by atoms with E-state index in [1.165, 1.54) is 12.1 Å². The Labute approximate surface area is 147 Å². The highest BCUT2D eigenvalue weighted by atomic mass is 32.2. The molecule has 0 unspecified atom stereocenters. The van der Waals surface area contributed by atoms with E-state index in [1.807, 2.05) is 0 Å². The number of sulfonamides is 1. The number of aromatic nitrogens is 1. The van der Waals surface area contributed by atoms with Crippen molar-refractivity contribution in [2.45, 2.75) is 23.7 Å². The van der Waals surface area contributed by atoms with Crippen molar-refractivity contribution < 1.29 is 27.1 Å². The molecule has 26 heavy (non-hydrogen) atoms. The lowest BCUT2D eigenvalue weighted by Gasteiger charge is -2.09. The lowest BCUT2D eigenvalue weighted by Crippen LogP contribution is -2.15. The molecule has 1 fully saturated rings. The Hall–Kier alpha value is -2.94. The van der Waals surface area contributed by atoms with Crippen LogP contribution in [0.2, 0.25) is 0 Å². The number of carboxylic acid groups (broad SMARTS) is 1. The van der Waals surface area contributed by atoms with Crippen molar-refractivity contribution in [3.63, 3.8) is 0 Å². The molecule has 0 atom stereocenters. The highest BCUT2D eigenvalue weighted by molar-refractivity contribution is 7.92.